The quantitative estimate of drug-likeness (QED) is 0.716. The maximum absolute atomic E-state index is 12.6. The summed E-state index contributed by atoms with van der Waals surface area (Å²) >= 11 is 0. The van der Waals surface area contributed by atoms with Crippen molar-refractivity contribution in [3.05, 3.63) is 41.8 Å². The van der Waals surface area contributed by atoms with Crippen molar-refractivity contribution in [3.8, 4) is 0 Å². The third-order valence-corrected chi connectivity index (χ3v) is 4.72. The number of amides is 2. The Bertz CT molecular complexity index is 785. The largest absolute Gasteiger partial charge is 0.381 e. The van der Waals surface area contributed by atoms with E-state index in [0.717, 1.165) is 0 Å². The summed E-state index contributed by atoms with van der Waals surface area (Å²) in [6.07, 6.45) is 2.60. The second-order valence-corrected chi connectivity index (χ2v) is 6.38. The molecule has 2 aromatic rings. The van der Waals surface area contributed by atoms with E-state index in [-0.39, 0.29) is 30.8 Å². The van der Waals surface area contributed by atoms with Crippen LogP contribution >= 0.6 is 12.4 Å². The second kappa shape index (κ2) is 8.98. The fourth-order valence-corrected chi connectivity index (χ4v) is 2.90. The molecule has 1 aliphatic heterocycles. The minimum absolute atomic E-state index is 0. The number of carbonyl (C=O) groups is 2. The number of halogens is 1. The summed E-state index contributed by atoms with van der Waals surface area (Å²) in [5, 5.41) is 9.26. The molecule has 1 aromatic heterocycles. The van der Waals surface area contributed by atoms with Gasteiger partial charge in [-0.3, -0.25) is 9.59 Å². The van der Waals surface area contributed by atoms with Crippen LogP contribution in [0, 0.1) is 12.3 Å². The van der Waals surface area contributed by atoms with E-state index in [4.69, 9.17) is 15.0 Å². The summed E-state index contributed by atoms with van der Waals surface area (Å²) in [6, 6.07) is 6.90. The summed E-state index contributed by atoms with van der Waals surface area (Å²) in [7, 11) is 0. The molecule has 0 aliphatic carbocycles. The van der Waals surface area contributed by atoms with Gasteiger partial charge < -0.3 is 25.6 Å². The van der Waals surface area contributed by atoms with Crippen molar-refractivity contribution in [2.45, 2.75) is 19.8 Å². The van der Waals surface area contributed by atoms with Crippen LogP contribution in [0.5, 0.6) is 0 Å². The minimum atomic E-state index is -0.586. The first-order valence-corrected chi connectivity index (χ1v) is 8.46. The summed E-state index contributed by atoms with van der Waals surface area (Å²) in [5.74, 6) is 0.0555. The van der Waals surface area contributed by atoms with E-state index >= 15 is 0 Å². The van der Waals surface area contributed by atoms with E-state index in [2.05, 4.69) is 15.8 Å². The number of nitrogens with two attached hydrogens (primary N) is 1. The molecule has 27 heavy (non-hydrogen) atoms. The predicted molar refractivity (Wildman–Crippen MR) is 103 cm³/mol. The summed E-state index contributed by atoms with van der Waals surface area (Å²) in [5.41, 5.74) is 6.90. The van der Waals surface area contributed by atoms with Gasteiger partial charge in [0.1, 0.15) is 11.3 Å². The number of rotatable bonds is 5. The first kappa shape index (κ1) is 20.9. The van der Waals surface area contributed by atoms with E-state index in [1.807, 2.05) is 0 Å². The Labute approximate surface area is 163 Å². The fraction of sp³-hybridized carbons (Fsp3) is 0.389. The molecule has 8 nitrogen and oxygen atoms in total. The molecular formula is C18H23ClN4O4. The van der Waals surface area contributed by atoms with Crippen molar-refractivity contribution >= 4 is 35.6 Å². The van der Waals surface area contributed by atoms with Crippen LogP contribution in [-0.4, -0.2) is 36.7 Å². The van der Waals surface area contributed by atoms with Crippen molar-refractivity contribution in [2.75, 3.05) is 30.4 Å². The molecule has 2 heterocycles. The van der Waals surface area contributed by atoms with Crippen LogP contribution in [0.25, 0.3) is 0 Å². The highest BCUT2D eigenvalue weighted by Gasteiger charge is 2.38. The van der Waals surface area contributed by atoms with Gasteiger partial charge in [-0.2, -0.15) is 0 Å². The normalized spacial score (nSPS) is 15.5. The van der Waals surface area contributed by atoms with Crippen molar-refractivity contribution in [2.24, 2.45) is 11.1 Å². The first-order valence-electron chi connectivity index (χ1n) is 8.46. The molecule has 0 atom stereocenters. The maximum Gasteiger partial charge on any atom is 0.260 e. The summed E-state index contributed by atoms with van der Waals surface area (Å²) in [4.78, 5) is 24.8. The van der Waals surface area contributed by atoms with E-state index in [1.54, 1.807) is 31.2 Å². The molecular weight excluding hydrogens is 372 g/mol. The Morgan fingerprint density at radius 1 is 1.15 bits per heavy atom. The van der Waals surface area contributed by atoms with Crippen LogP contribution in [0.2, 0.25) is 0 Å². The molecule has 1 fully saturated rings. The van der Waals surface area contributed by atoms with Crippen molar-refractivity contribution in [3.63, 3.8) is 0 Å². The van der Waals surface area contributed by atoms with Gasteiger partial charge in [0.05, 0.1) is 11.6 Å². The van der Waals surface area contributed by atoms with E-state index < -0.39 is 5.41 Å². The predicted octanol–water partition coefficient (Wildman–Crippen LogP) is 2.35. The Balaban J connectivity index is 0.00000261. The molecule has 0 unspecified atom stereocenters. The smallest absolute Gasteiger partial charge is 0.260 e. The SMILES string of the molecule is Cc1oncc1C(=O)Nc1ccc(NC(=O)C2(CN)CCOCC2)cc1.Cl. The molecule has 9 heteroatoms. The molecule has 2 amide bonds. The number of ether oxygens (including phenoxy) is 1. The van der Waals surface area contributed by atoms with E-state index in [1.165, 1.54) is 6.20 Å². The van der Waals surface area contributed by atoms with Gasteiger partial charge in [-0.15, -0.1) is 12.4 Å². The lowest BCUT2D eigenvalue weighted by molar-refractivity contribution is -0.130. The first-order chi connectivity index (χ1) is 12.5. The fourth-order valence-electron chi connectivity index (χ4n) is 2.90. The van der Waals surface area contributed by atoms with Gasteiger partial charge in [0, 0.05) is 31.1 Å². The van der Waals surface area contributed by atoms with Crippen LogP contribution in [-0.2, 0) is 9.53 Å². The third kappa shape index (κ3) is 4.65. The minimum Gasteiger partial charge on any atom is -0.381 e. The Morgan fingerprint density at radius 3 is 2.26 bits per heavy atom. The summed E-state index contributed by atoms with van der Waals surface area (Å²) in [6.45, 7) is 3.04. The Kier molecular flexibility index (Phi) is 6.95. The van der Waals surface area contributed by atoms with Gasteiger partial charge in [-0.05, 0) is 44.0 Å². The molecule has 1 saturated heterocycles. The van der Waals surface area contributed by atoms with E-state index in [9.17, 15) is 9.59 Å². The number of benzene rings is 1. The van der Waals surface area contributed by atoms with Gasteiger partial charge in [-0.1, -0.05) is 5.16 Å². The Hall–Kier alpha value is -2.42. The molecule has 3 rings (SSSR count). The molecule has 0 spiro atoms. The zero-order valence-electron chi connectivity index (χ0n) is 15.0. The molecule has 1 aromatic carbocycles. The highest BCUT2D eigenvalue weighted by molar-refractivity contribution is 6.04. The van der Waals surface area contributed by atoms with Gasteiger partial charge in [-0.25, -0.2) is 0 Å². The monoisotopic (exact) mass is 394 g/mol. The Morgan fingerprint density at radius 2 is 1.74 bits per heavy atom. The lowest BCUT2D eigenvalue weighted by Gasteiger charge is -2.34. The zero-order valence-corrected chi connectivity index (χ0v) is 15.8. The molecule has 4 N–H and O–H groups in total. The third-order valence-electron chi connectivity index (χ3n) is 4.72. The van der Waals surface area contributed by atoms with Crippen molar-refractivity contribution < 1.29 is 18.8 Å². The number of anilines is 2. The number of aryl methyl sites for hydroxylation is 1. The van der Waals surface area contributed by atoms with Crippen LogP contribution in [0.4, 0.5) is 11.4 Å². The van der Waals surface area contributed by atoms with Crippen LogP contribution < -0.4 is 16.4 Å². The van der Waals surface area contributed by atoms with Gasteiger partial charge >= 0.3 is 0 Å². The number of aromatic nitrogens is 1. The van der Waals surface area contributed by atoms with Crippen LogP contribution in [0.3, 0.4) is 0 Å². The van der Waals surface area contributed by atoms with Gasteiger partial charge in [0.2, 0.25) is 5.91 Å². The van der Waals surface area contributed by atoms with Crippen molar-refractivity contribution in [1.82, 2.24) is 5.16 Å². The van der Waals surface area contributed by atoms with Gasteiger partial charge in [0.25, 0.3) is 5.91 Å². The highest BCUT2D eigenvalue weighted by atomic mass is 35.5. The molecule has 0 saturated carbocycles. The maximum atomic E-state index is 12.6. The number of carbonyl (C=O) groups excluding carboxylic acids is 2. The zero-order chi connectivity index (χ0) is 18.6. The number of nitrogens with one attached hydrogen (secondary N) is 2. The van der Waals surface area contributed by atoms with Gasteiger partial charge in [0.15, 0.2) is 0 Å². The van der Waals surface area contributed by atoms with Crippen LogP contribution in [0.15, 0.2) is 35.0 Å². The standard InChI is InChI=1S/C18H22N4O4.ClH/c1-12-15(10-20-26-12)16(23)21-13-2-4-14(5-3-13)22-17(24)18(11-19)6-8-25-9-7-18;/h2-5,10H,6-9,11,19H2,1H3,(H,21,23)(H,22,24);1H. The highest BCUT2D eigenvalue weighted by Crippen LogP contribution is 2.31. The molecule has 1 aliphatic rings. The molecule has 146 valence electrons. The number of nitrogens with zero attached hydrogens (tertiary/aromatic N) is 1. The number of hydrogen-bond donors (Lipinski definition) is 3. The topological polar surface area (TPSA) is 119 Å². The van der Waals surface area contributed by atoms with Crippen molar-refractivity contribution in [1.29, 1.82) is 0 Å². The lowest BCUT2D eigenvalue weighted by atomic mass is 9.79. The molecule has 0 radical (unpaired) electrons. The van der Waals surface area contributed by atoms with Crippen LogP contribution in [0.1, 0.15) is 29.0 Å². The second-order valence-electron chi connectivity index (χ2n) is 6.38. The molecule has 0 bridgehead atoms. The average molecular weight is 395 g/mol. The van der Waals surface area contributed by atoms with E-state index in [0.29, 0.717) is 48.8 Å². The summed E-state index contributed by atoms with van der Waals surface area (Å²) < 4.78 is 10.2. The average Bonchev–Trinajstić information content (AvgIpc) is 3.10. The lowest BCUT2D eigenvalue weighted by Crippen LogP contribution is -2.46. The number of hydrogen-bond acceptors (Lipinski definition) is 6.